The molecule has 0 heterocycles. The molecule has 1 rings (SSSR count). The van der Waals surface area contributed by atoms with Crippen LogP contribution in [0.4, 0.5) is 0 Å². The Kier molecular flexibility index (Phi) is 4.46. The molecule has 0 amide bonds. The van der Waals surface area contributed by atoms with Gasteiger partial charge in [0, 0.05) is 16.1 Å². The maximum Gasteiger partial charge on any atom is 0.0424 e. The Balaban J connectivity index is 2.78. The second-order valence-electron chi connectivity index (χ2n) is 3.18. The van der Waals surface area contributed by atoms with Gasteiger partial charge in [-0.3, -0.25) is 0 Å². The Morgan fingerprint density at radius 2 is 1.86 bits per heavy atom. The topological polar surface area (TPSA) is 26.0 Å². The number of hydrogen-bond donors (Lipinski definition) is 1. The van der Waals surface area contributed by atoms with E-state index in [-0.39, 0.29) is 6.04 Å². The summed E-state index contributed by atoms with van der Waals surface area (Å²) in [5, 5.41) is 1.25. The van der Waals surface area contributed by atoms with Gasteiger partial charge in [-0.15, -0.1) is 6.58 Å². The second-order valence-corrected chi connectivity index (χ2v) is 4.05. The molecule has 1 aromatic rings. The first-order valence-corrected chi connectivity index (χ1v) is 5.21. The third-order valence-electron chi connectivity index (χ3n) is 1.99. The lowest BCUT2D eigenvalue weighted by Crippen LogP contribution is -2.09. The van der Waals surface area contributed by atoms with Crippen LogP contribution in [0.1, 0.15) is 24.4 Å². The van der Waals surface area contributed by atoms with Crippen molar-refractivity contribution in [2.75, 3.05) is 0 Å². The van der Waals surface area contributed by atoms with Crippen LogP contribution >= 0.6 is 23.2 Å². The van der Waals surface area contributed by atoms with E-state index in [0.29, 0.717) is 10.0 Å². The van der Waals surface area contributed by atoms with Crippen LogP contribution in [0.15, 0.2) is 30.9 Å². The van der Waals surface area contributed by atoms with Crippen molar-refractivity contribution in [2.24, 2.45) is 5.73 Å². The predicted octanol–water partition coefficient (Wildman–Crippen LogP) is 3.96. The van der Waals surface area contributed by atoms with Crippen LogP contribution in [0.5, 0.6) is 0 Å². The molecule has 0 aliphatic heterocycles. The zero-order valence-electron chi connectivity index (χ0n) is 7.84. The van der Waals surface area contributed by atoms with Crippen molar-refractivity contribution in [3.63, 3.8) is 0 Å². The summed E-state index contributed by atoms with van der Waals surface area (Å²) >= 11 is 11.7. The molecule has 0 aliphatic carbocycles. The SMILES string of the molecule is C=CCC[C@H](N)c1cc(Cl)cc(Cl)c1. The molecule has 0 aliphatic rings. The largest absolute Gasteiger partial charge is 0.324 e. The van der Waals surface area contributed by atoms with E-state index in [1.165, 1.54) is 0 Å². The van der Waals surface area contributed by atoms with Crippen molar-refractivity contribution in [3.05, 3.63) is 46.5 Å². The maximum absolute atomic E-state index is 5.95. The maximum atomic E-state index is 5.95. The Bertz CT molecular complexity index is 303. The van der Waals surface area contributed by atoms with Crippen molar-refractivity contribution >= 4 is 23.2 Å². The Morgan fingerprint density at radius 3 is 2.36 bits per heavy atom. The van der Waals surface area contributed by atoms with Crippen molar-refractivity contribution in [3.8, 4) is 0 Å². The highest BCUT2D eigenvalue weighted by Gasteiger charge is 2.06. The van der Waals surface area contributed by atoms with Gasteiger partial charge in [-0.25, -0.2) is 0 Å². The molecule has 1 aromatic carbocycles. The van der Waals surface area contributed by atoms with E-state index in [9.17, 15) is 0 Å². The van der Waals surface area contributed by atoms with Gasteiger partial charge in [0.2, 0.25) is 0 Å². The first-order chi connectivity index (χ1) is 6.63. The van der Waals surface area contributed by atoms with Gasteiger partial charge in [-0.05, 0) is 36.6 Å². The molecule has 1 nitrogen and oxygen atoms in total. The fraction of sp³-hybridized carbons (Fsp3) is 0.273. The summed E-state index contributed by atoms with van der Waals surface area (Å²) in [6, 6.07) is 5.37. The lowest BCUT2D eigenvalue weighted by Gasteiger charge is -2.11. The number of hydrogen-bond acceptors (Lipinski definition) is 1. The van der Waals surface area contributed by atoms with Crippen molar-refractivity contribution in [2.45, 2.75) is 18.9 Å². The molecular formula is C11H13Cl2N. The zero-order valence-corrected chi connectivity index (χ0v) is 9.35. The molecule has 0 unspecified atom stereocenters. The van der Waals surface area contributed by atoms with Gasteiger partial charge in [-0.1, -0.05) is 29.3 Å². The number of rotatable bonds is 4. The normalized spacial score (nSPS) is 12.5. The molecule has 0 spiro atoms. The Labute approximate surface area is 94.5 Å². The molecule has 0 bridgehead atoms. The Hall–Kier alpha value is -0.500. The summed E-state index contributed by atoms with van der Waals surface area (Å²) in [4.78, 5) is 0. The van der Waals surface area contributed by atoms with Crippen molar-refractivity contribution in [1.29, 1.82) is 0 Å². The van der Waals surface area contributed by atoms with Gasteiger partial charge in [0.1, 0.15) is 0 Å². The summed E-state index contributed by atoms with van der Waals surface area (Å²) in [5.74, 6) is 0. The van der Waals surface area contributed by atoms with Crippen LogP contribution in [-0.4, -0.2) is 0 Å². The minimum absolute atomic E-state index is 0.0239. The fourth-order valence-corrected chi connectivity index (χ4v) is 1.80. The van der Waals surface area contributed by atoms with Crippen LogP contribution in [0.25, 0.3) is 0 Å². The summed E-state index contributed by atoms with van der Waals surface area (Å²) in [6.07, 6.45) is 3.61. The fourth-order valence-electron chi connectivity index (χ4n) is 1.25. The number of benzene rings is 1. The van der Waals surface area contributed by atoms with Crippen LogP contribution in [-0.2, 0) is 0 Å². The molecule has 0 saturated carbocycles. The molecule has 1 atom stereocenters. The molecule has 0 fully saturated rings. The van der Waals surface area contributed by atoms with Crippen LogP contribution in [0.2, 0.25) is 10.0 Å². The molecule has 0 saturated heterocycles. The van der Waals surface area contributed by atoms with Gasteiger partial charge in [0.05, 0.1) is 0 Å². The van der Waals surface area contributed by atoms with Gasteiger partial charge >= 0.3 is 0 Å². The number of halogens is 2. The first-order valence-electron chi connectivity index (χ1n) is 4.46. The average Bonchev–Trinajstić information content (AvgIpc) is 2.12. The molecule has 76 valence electrons. The third kappa shape index (κ3) is 3.33. The monoisotopic (exact) mass is 229 g/mol. The van der Waals surface area contributed by atoms with E-state index >= 15 is 0 Å². The number of nitrogens with two attached hydrogens (primary N) is 1. The van der Waals surface area contributed by atoms with E-state index < -0.39 is 0 Å². The summed E-state index contributed by atoms with van der Waals surface area (Å²) < 4.78 is 0. The van der Waals surface area contributed by atoms with E-state index in [4.69, 9.17) is 28.9 Å². The summed E-state index contributed by atoms with van der Waals surface area (Å²) in [5.41, 5.74) is 6.93. The molecule has 0 aromatic heterocycles. The molecule has 2 N–H and O–H groups in total. The predicted molar refractivity (Wildman–Crippen MR) is 62.8 cm³/mol. The first kappa shape index (κ1) is 11.6. The minimum atomic E-state index is -0.0239. The van der Waals surface area contributed by atoms with Gasteiger partial charge in [-0.2, -0.15) is 0 Å². The lowest BCUT2D eigenvalue weighted by atomic mass is 10.0. The molecule has 14 heavy (non-hydrogen) atoms. The van der Waals surface area contributed by atoms with Crippen LogP contribution < -0.4 is 5.73 Å². The summed E-state index contributed by atoms with van der Waals surface area (Å²) in [6.45, 7) is 3.65. The average molecular weight is 230 g/mol. The van der Waals surface area contributed by atoms with Gasteiger partial charge in [0.25, 0.3) is 0 Å². The lowest BCUT2D eigenvalue weighted by molar-refractivity contribution is 0.661. The second kappa shape index (κ2) is 5.40. The van der Waals surface area contributed by atoms with Crippen LogP contribution in [0.3, 0.4) is 0 Å². The van der Waals surface area contributed by atoms with Gasteiger partial charge in [0.15, 0.2) is 0 Å². The van der Waals surface area contributed by atoms with Crippen molar-refractivity contribution in [1.82, 2.24) is 0 Å². The van der Waals surface area contributed by atoms with E-state index in [1.807, 2.05) is 18.2 Å². The number of allylic oxidation sites excluding steroid dienone is 1. The smallest absolute Gasteiger partial charge is 0.0424 e. The quantitative estimate of drug-likeness (QED) is 0.778. The minimum Gasteiger partial charge on any atom is -0.324 e. The Morgan fingerprint density at radius 1 is 1.29 bits per heavy atom. The van der Waals surface area contributed by atoms with E-state index in [0.717, 1.165) is 18.4 Å². The molecule has 3 heteroatoms. The standard InChI is InChI=1S/C11H13Cl2N/c1-2-3-4-11(14)8-5-9(12)7-10(13)6-8/h2,5-7,11H,1,3-4,14H2/t11-/m0/s1. The third-order valence-corrected chi connectivity index (χ3v) is 2.43. The van der Waals surface area contributed by atoms with Crippen LogP contribution in [0, 0.1) is 0 Å². The zero-order chi connectivity index (χ0) is 10.6. The highest BCUT2D eigenvalue weighted by Crippen LogP contribution is 2.24. The molecular weight excluding hydrogens is 217 g/mol. The summed E-state index contributed by atoms with van der Waals surface area (Å²) in [7, 11) is 0. The van der Waals surface area contributed by atoms with E-state index in [2.05, 4.69) is 6.58 Å². The molecule has 0 radical (unpaired) electrons. The highest BCUT2D eigenvalue weighted by molar-refractivity contribution is 6.34. The highest BCUT2D eigenvalue weighted by atomic mass is 35.5. The van der Waals surface area contributed by atoms with Crippen molar-refractivity contribution < 1.29 is 0 Å². The van der Waals surface area contributed by atoms with E-state index in [1.54, 1.807) is 6.07 Å². The van der Waals surface area contributed by atoms with Gasteiger partial charge < -0.3 is 5.73 Å².